The Kier molecular flexibility index (Phi) is 7.75. The van der Waals surface area contributed by atoms with Crippen LogP contribution in [0.15, 0.2) is 48.8 Å². The molecular formula is C27H30ClFN4OS. The van der Waals surface area contributed by atoms with Gasteiger partial charge in [-0.3, -0.25) is 4.98 Å². The minimum atomic E-state index is -1.04. The molecule has 1 fully saturated rings. The number of benzene rings is 1. The molecule has 4 rings (SSSR count). The third-order valence-electron chi connectivity index (χ3n) is 6.85. The van der Waals surface area contributed by atoms with E-state index in [9.17, 15) is 9.65 Å². The molecule has 8 heteroatoms. The van der Waals surface area contributed by atoms with Gasteiger partial charge in [0.05, 0.1) is 16.1 Å². The summed E-state index contributed by atoms with van der Waals surface area (Å²) in [6.45, 7) is 8.09. The van der Waals surface area contributed by atoms with E-state index in [1.165, 1.54) is 0 Å². The van der Waals surface area contributed by atoms with Gasteiger partial charge in [0.25, 0.3) is 0 Å². The maximum absolute atomic E-state index is 14.8. The topological polar surface area (TPSA) is 52.4 Å². The van der Waals surface area contributed by atoms with Crippen LogP contribution in [0.1, 0.15) is 49.3 Å². The monoisotopic (exact) mass is 512 g/mol. The van der Waals surface area contributed by atoms with Crippen molar-refractivity contribution in [2.45, 2.75) is 57.3 Å². The maximum Gasteiger partial charge on any atom is 0.176 e. The number of pyridine rings is 1. The van der Waals surface area contributed by atoms with Crippen LogP contribution in [-0.2, 0) is 4.74 Å². The largest absolute Gasteiger partial charge is 0.371 e. The summed E-state index contributed by atoms with van der Waals surface area (Å²) < 4.78 is 20.7. The second-order valence-corrected chi connectivity index (χ2v) is 10.5. The molecule has 1 aliphatic heterocycles. The highest BCUT2D eigenvalue weighted by Crippen LogP contribution is 2.36. The Labute approximate surface area is 217 Å². The fourth-order valence-corrected chi connectivity index (χ4v) is 5.57. The minimum Gasteiger partial charge on any atom is -0.371 e. The minimum absolute atomic E-state index is 0.0563. The van der Waals surface area contributed by atoms with Crippen LogP contribution in [0, 0.1) is 18.3 Å². The SMILES string of the molecule is Cc1c(N2CC(C)(C)N(CCCO[C@H]3C=C[C@@H](c4ccncc4)CC3F)C2=S)ccc(C#N)c1Cl. The first kappa shape index (κ1) is 25.6. The molecule has 2 aromatic rings. The Morgan fingerprint density at radius 2 is 2.00 bits per heavy atom. The lowest BCUT2D eigenvalue weighted by atomic mass is 9.87. The zero-order valence-corrected chi connectivity index (χ0v) is 21.8. The van der Waals surface area contributed by atoms with E-state index in [0.717, 1.165) is 28.3 Å². The predicted molar refractivity (Wildman–Crippen MR) is 142 cm³/mol. The molecule has 0 radical (unpaired) electrons. The average molecular weight is 513 g/mol. The second-order valence-electron chi connectivity index (χ2n) is 9.73. The number of thiocarbonyl (C=S) groups is 1. The van der Waals surface area contributed by atoms with Crippen LogP contribution in [-0.4, -0.2) is 52.5 Å². The molecule has 1 saturated heterocycles. The molecule has 1 aromatic heterocycles. The summed E-state index contributed by atoms with van der Waals surface area (Å²) in [5.41, 5.74) is 3.11. The van der Waals surface area contributed by atoms with Gasteiger partial charge in [-0.25, -0.2) is 4.39 Å². The summed E-state index contributed by atoms with van der Waals surface area (Å²) in [5.74, 6) is 0.0563. The van der Waals surface area contributed by atoms with Crippen molar-refractivity contribution in [3.05, 3.63) is 70.5 Å². The molecule has 2 heterocycles. The van der Waals surface area contributed by atoms with Crippen LogP contribution in [0.25, 0.3) is 0 Å². The van der Waals surface area contributed by atoms with Crippen LogP contribution in [0.2, 0.25) is 5.02 Å². The molecule has 1 unspecified atom stereocenters. The van der Waals surface area contributed by atoms with E-state index < -0.39 is 12.3 Å². The van der Waals surface area contributed by atoms with Gasteiger partial charge in [-0.05, 0) is 81.2 Å². The number of aromatic nitrogens is 1. The van der Waals surface area contributed by atoms with Gasteiger partial charge in [-0.15, -0.1) is 0 Å². The standard InChI is InChI=1S/C27H30ClFN4OS/c1-18-23(7-5-21(16-30)25(18)28)32-17-27(2,3)33(26(32)35)13-4-14-34-24-8-6-20(15-22(24)29)19-9-11-31-12-10-19/h5-12,20,22,24H,4,13-15,17H2,1-3H3/t20-,22?,24+/m1/s1. The quantitative estimate of drug-likeness (QED) is 0.259. The summed E-state index contributed by atoms with van der Waals surface area (Å²) in [6.07, 6.45) is 6.95. The molecule has 2 aliphatic rings. The Hall–Kier alpha value is -2.53. The molecule has 0 bridgehead atoms. The number of hydrogen-bond acceptors (Lipinski definition) is 4. The van der Waals surface area contributed by atoms with E-state index in [-0.39, 0.29) is 11.5 Å². The van der Waals surface area contributed by atoms with E-state index in [4.69, 9.17) is 28.6 Å². The molecule has 0 amide bonds. The van der Waals surface area contributed by atoms with Crippen molar-refractivity contribution in [3.8, 4) is 6.07 Å². The summed E-state index contributed by atoms with van der Waals surface area (Å²) >= 11 is 12.2. The Balaban J connectivity index is 1.33. The number of nitriles is 1. The fraction of sp³-hybridized carbons (Fsp3) is 0.444. The lowest BCUT2D eigenvalue weighted by Crippen LogP contribution is -2.42. The van der Waals surface area contributed by atoms with Crippen LogP contribution in [0.5, 0.6) is 0 Å². The molecule has 0 N–H and O–H groups in total. The van der Waals surface area contributed by atoms with Gasteiger partial charge in [0.2, 0.25) is 0 Å². The molecule has 0 spiro atoms. The van der Waals surface area contributed by atoms with E-state index in [1.807, 2.05) is 37.3 Å². The van der Waals surface area contributed by atoms with Gasteiger partial charge in [0, 0.05) is 43.7 Å². The first-order valence-corrected chi connectivity index (χ1v) is 12.6. The van der Waals surface area contributed by atoms with Crippen molar-refractivity contribution < 1.29 is 9.13 Å². The third kappa shape index (κ3) is 5.35. The van der Waals surface area contributed by atoms with Gasteiger partial charge in [-0.2, -0.15) is 5.26 Å². The molecule has 1 aliphatic carbocycles. The fourth-order valence-electron chi connectivity index (χ4n) is 4.86. The first-order chi connectivity index (χ1) is 16.7. The zero-order chi connectivity index (χ0) is 25.2. The van der Waals surface area contributed by atoms with Crippen molar-refractivity contribution in [2.75, 3.05) is 24.6 Å². The summed E-state index contributed by atoms with van der Waals surface area (Å²) in [5, 5.41) is 10.4. The highest BCUT2D eigenvalue weighted by Gasteiger charge is 2.41. The van der Waals surface area contributed by atoms with E-state index >= 15 is 0 Å². The lowest BCUT2D eigenvalue weighted by molar-refractivity contribution is 0.0159. The zero-order valence-electron chi connectivity index (χ0n) is 20.2. The third-order valence-corrected chi connectivity index (χ3v) is 7.77. The van der Waals surface area contributed by atoms with E-state index in [2.05, 4.69) is 34.7 Å². The number of nitrogens with zero attached hydrogens (tertiary/aromatic N) is 4. The maximum atomic E-state index is 14.8. The van der Waals surface area contributed by atoms with Crippen molar-refractivity contribution >= 4 is 34.6 Å². The number of rotatable bonds is 7. The van der Waals surface area contributed by atoms with Gasteiger partial charge >= 0.3 is 0 Å². The number of alkyl halides is 1. The van der Waals surface area contributed by atoms with E-state index in [0.29, 0.717) is 36.7 Å². The van der Waals surface area contributed by atoms with Gasteiger partial charge < -0.3 is 14.5 Å². The average Bonchev–Trinajstić information content (AvgIpc) is 3.07. The normalized spacial score (nSPS) is 23.5. The molecule has 0 saturated carbocycles. The second kappa shape index (κ2) is 10.6. The lowest BCUT2D eigenvalue weighted by Gasteiger charge is -2.32. The van der Waals surface area contributed by atoms with Crippen LogP contribution < -0.4 is 4.90 Å². The van der Waals surface area contributed by atoms with Crippen molar-refractivity contribution in [1.29, 1.82) is 5.26 Å². The summed E-state index contributed by atoms with van der Waals surface area (Å²) in [4.78, 5) is 8.31. The molecule has 5 nitrogen and oxygen atoms in total. The highest BCUT2D eigenvalue weighted by atomic mass is 35.5. The van der Waals surface area contributed by atoms with E-state index in [1.54, 1.807) is 18.5 Å². The molecule has 3 atom stereocenters. The Morgan fingerprint density at radius 1 is 1.26 bits per heavy atom. The Morgan fingerprint density at radius 3 is 2.69 bits per heavy atom. The number of ether oxygens (including phenoxy) is 1. The molecular weight excluding hydrogens is 483 g/mol. The van der Waals surface area contributed by atoms with Crippen LogP contribution >= 0.6 is 23.8 Å². The molecule has 1 aromatic carbocycles. The summed E-state index contributed by atoms with van der Waals surface area (Å²) in [6, 6.07) is 9.63. The number of hydrogen-bond donors (Lipinski definition) is 0. The number of halogens is 2. The van der Waals surface area contributed by atoms with Crippen LogP contribution in [0.4, 0.5) is 10.1 Å². The van der Waals surface area contributed by atoms with Crippen molar-refractivity contribution in [1.82, 2.24) is 9.88 Å². The highest BCUT2D eigenvalue weighted by molar-refractivity contribution is 7.80. The first-order valence-electron chi connectivity index (χ1n) is 11.8. The van der Waals surface area contributed by atoms with Crippen molar-refractivity contribution in [3.63, 3.8) is 0 Å². The van der Waals surface area contributed by atoms with Crippen LogP contribution in [0.3, 0.4) is 0 Å². The predicted octanol–water partition coefficient (Wildman–Crippen LogP) is 5.96. The Bertz CT molecular complexity index is 1150. The number of allylic oxidation sites excluding steroid dienone is 1. The van der Waals surface area contributed by atoms with Gasteiger partial charge in [0.1, 0.15) is 18.3 Å². The van der Waals surface area contributed by atoms with Crippen molar-refractivity contribution in [2.24, 2.45) is 0 Å². The van der Waals surface area contributed by atoms with Gasteiger partial charge in [-0.1, -0.05) is 23.8 Å². The number of anilines is 1. The molecule has 184 valence electrons. The molecule has 35 heavy (non-hydrogen) atoms. The summed E-state index contributed by atoms with van der Waals surface area (Å²) in [7, 11) is 0. The smallest absolute Gasteiger partial charge is 0.176 e. The van der Waals surface area contributed by atoms with Gasteiger partial charge in [0.15, 0.2) is 5.11 Å².